The molecule has 0 aliphatic rings. The van der Waals surface area contributed by atoms with Crippen molar-refractivity contribution in [1.82, 2.24) is 0 Å². The van der Waals surface area contributed by atoms with Crippen LogP contribution >= 0.6 is 7.82 Å². The summed E-state index contributed by atoms with van der Waals surface area (Å²) in [5.41, 5.74) is 0. The summed E-state index contributed by atoms with van der Waals surface area (Å²) >= 11 is 0.611. The Labute approximate surface area is 64.7 Å². The Morgan fingerprint density at radius 3 is 1.12 bits per heavy atom. The van der Waals surface area contributed by atoms with Crippen LogP contribution in [0.2, 0.25) is 0 Å². The van der Waals surface area contributed by atoms with Gasteiger partial charge in [0.2, 0.25) is 0 Å². The van der Waals surface area contributed by atoms with E-state index in [4.69, 9.17) is 23.0 Å². The predicted octanol–water partition coefficient (Wildman–Crippen LogP) is -3.97. The third-order valence-electron chi connectivity index (χ3n) is 0. The second kappa shape index (κ2) is 7.97. The predicted molar refractivity (Wildman–Crippen MR) is 21.2 cm³/mol. The Morgan fingerprint density at radius 2 is 1.12 bits per heavy atom. The van der Waals surface area contributed by atoms with Gasteiger partial charge in [-0.1, -0.05) is 0 Å². The Hall–Kier alpha value is 0.975. The van der Waals surface area contributed by atoms with Gasteiger partial charge in [-0.2, -0.15) is 7.82 Å². The van der Waals surface area contributed by atoms with Crippen LogP contribution in [0.1, 0.15) is 0 Å². The molecule has 0 fully saturated rings. The van der Waals surface area contributed by atoms with Gasteiger partial charge in [0.15, 0.2) is 0 Å². The van der Waals surface area contributed by atoms with E-state index >= 15 is 0 Å². The molecule has 8 heteroatoms. The van der Waals surface area contributed by atoms with Gasteiger partial charge in [0.25, 0.3) is 0 Å². The molecule has 8 heavy (non-hydrogen) atoms. The number of rotatable bonds is 0. The molecule has 0 radical (unpaired) electrons. The van der Waals surface area contributed by atoms with Crippen molar-refractivity contribution in [3.63, 3.8) is 0 Å². The zero-order valence-corrected chi connectivity index (χ0v) is 7.24. The SMILES string of the molecule is O=P([O-])([O-])[O-].[Al+3].[O]=[AlH]. The molecular weight excluding hydrogens is 165 g/mol. The van der Waals surface area contributed by atoms with Crippen molar-refractivity contribution in [1.29, 1.82) is 0 Å². The van der Waals surface area contributed by atoms with Crippen LogP contribution in [-0.4, -0.2) is 33.6 Å². The molecule has 0 spiro atoms. The Bertz CT molecular complexity index is 66.2. The first kappa shape index (κ1) is 16.0. The number of hydrogen-bond donors (Lipinski definition) is 0. The fourth-order valence-electron chi connectivity index (χ4n) is 0. The maximum atomic E-state index is 8.55. The van der Waals surface area contributed by atoms with Gasteiger partial charge in [0.1, 0.15) is 0 Å². The van der Waals surface area contributed by atoms with Crippen LogP contribution in [0.3, 0.4) is 0 Å². The van der Waals surface area contributed by atoms with E-state index in [1.807, 2.05) is 0 Å². The van der Waals surface area contributed by atoms with Gasteiger partial charge in [-0.3, -0.25) is 0 Å². The third-order valence-corrected chi connectivity index (χ3v) is 0. The second-order valence-electron chi connectivity index (χ2n) is 0.447. The standard InChI is InChI=1S/2Al.H3O4P.O.H/c;;1-5(2,3)4;;/h;;(H3,1,2,3,4);;/q;+3;;;/p-3. The number of hydrogen-bond acceptors (Lipinski definition) is 5. The quantitative estimate of drug-likeness (QED) is 0.269. The van der Waals surface area contributed by atoms with E-state index in [0.717, 1.165) is 0 Å². The van der Waals surface area contributed by atoms with Crippen LogP contribution in [0.25, 0.3) is 0 Å². The van der Waals surface area contributed by atoms with Crippen molar-refractivity contribution in [3.8, 4) is 0 Å². The van der Waals surface area contributed by atoms with Gasteiger partial charge >= 0.3 is 37.4 Å². The summed E-state index contributed by atoms with van der Waals surface area (Å²) in [6.07, 6.45) is 0. The van der Waals surface area contributed by atoms with Gasteiger partial charge in [-0.05, 0) is 0 Å². The molecular formula is HAl2O5P. The molecule has 0 aliphatic carbocycles. The average molecular weight is 166 g/mol. The Kier molecular flexibility index (Phi) is 15.9. The fraction of sp³-hybridized carbons (Fsp3) is 0. The molecule has 0 bridgehead atoms. The summed E-state index contributed by atoms with van der Waals surface area (Å²) in [5.74, 6) is 0. The summed E-state index contributed by atoms with van der Waals surface area (Å²) in [5, 5.41) is 0. The Morgan fingerprint density at radius 1 is 1.12 bits per heavy atom. The van der Waals surface area contributed by atoms with Crippen molar-refractivity contribution in [2.75, 3.05) is 0 Å². The first-order valence-electron chi connectivity index (χ1n) is 1.02. The van der Waals surface area contributed by atoms with E-state index in [1.54, 1.807) is 0 Å². The molecule has 0 aromatic rings. The van der Waals surface area contributed by atoms with Crippen molar-refractivity contribution in [2.24, 2.45) is 0 Å². The van der Waals surface area contributed by atoms with Crippen LogP contribution in [0.15, 0.2) is 0 Å². The molecule has 0 aromatic heterocycles. The van der Waals surface area contributed by atoms with Crippen molar-refractivity contribution >= 4 is 41.4 Å². The van der Waals surface area contributed by atoms with Gasteiger partial charge < -0.3 is 19.2 Å². The minimum absolute atomic E-state index is 0. The minimum atomic E-state index is -5.39. The normalized spacial score (nSPS) is 7.75. The van der Waals surface area contributed by atoms with Crippen LogP contribution in [0, 0.1) is 0 Å². The molecule has 5 nitrogen and oxygen atoms in total. The summed E-state index contributed by atoms with van der Waals surface area (Å²) < 4.78 is 16.8. The first-order chi connectivity index (χ1) is 3.00. The van der Waals surface area contributed by atoms with Crippen molar-refractivity contribution in [3.05, 3.63) is 0 Å². The zero-order chi connectivity index (χ0) is 6.50. The molecule has 0 atom stereocenters. The molecule has 0 amide bonds. The third kappa shape index (κ3) is 262. The van der Waals surface area contributed by atoms with E-state index in [2.05, 4.69) is 0 Å². The molecule has 0 unspecified atom stereocenters. The van der Waals surface area contributed by atoms with E-state index in [9.17, 15) is 0 Å². The molecule has 0 aromatic carbocycles. The van der Waals surface area contributed by atoms with Crippen molar-refractivity contribution in [2.45, 2.75) is 0 Å². The van der Waals surface area contributed by atoms with Crippen LogP contribution in [0.4, 0.5) is 0 Å². The zero-order valence-electron chi connectivity index (χ0n) is 3.77. The fourth-order valence-corrected chi connectivity index (χ4v) is 0. The van der Waals surface area contributed by atoms with Crippen LogP contribution < -0.4 is 14.7 Å². The van der Waals surface area contributed by atoms with Crippen LogP contribution in [0.5, 0.6) is 0 Å². The number of phosphoric acid groups is 1. The van der Waals surface area contributed by atoms with Gasteiger partial charge in [0, 0.05) is 0 Å². The summed E-state index contributed by atoms with van der Waals surface area (Å²) in [6, 6.07) is 0. The van der Waals surface area contributed by atoms with Gasteiger partial charge in [-0.25, -0.2) is 0 Å². The first-order valence-corrected chi connectivity index (χ1v) is 3.06. The van der Waals surface area contributed by atoms with Crippen LogP contribution in [-0.2, 0) is 8.37 Å². The molecule has 0 aliphatic heterocycles. The average Bonchev–Trinajstić information content (AvgIpc) is 1.36. The Balaban J connectivity index is -0.0000000750. The van der Waals surface area contributed by atoms with E-state index in [0.29, 0.717) is 16.2 Å². The van der Waals surface area contributed by atoms with Crippen molar-refractivity contribution < 1.29 is 23.0 Å². The molecule has 0 N–H and O–H groups in total. The monoisotopic (exact) mass is 166 g/mol. The second-order valence-corrected chi connectivity index (χ2v) is 1.34. The van der Waals surface area contributed by atoms with E-state index in [-0.39, 0.29) is 17.4 Å². The molecule has 0 rings (SSSR count). The maximum absolute atomic E-state index is 8.55. The summed E-state index contributed by atoms with van der Waals surface area (Å²) in [6.45, 7) is 0. The molecule has 0 saturated heterocycles. The van der Waals surface area contributed by atoms with E-state index in [1.165, 1.54) is 0 Å². The summed E-state index contributed by atoms with van der Waals surface area (Å²) in [7, 11) is -5.39. The molecule has 42 valence electrons. The van der Waals surface area contributed by atoms with Gasteiger partial charge in [-0.15, -0.1) is 0 Å². The molecule has 0 saturated carbocycles. The summed E-state index contributed by atoms with van der Waals surface area (Å²) in [4.78, 5) is 25.6. The van der Waals surface area contributed by atoms with Gasteiger partial charge in [0.05, 0.1) is 0 Å². The topological polar surface area (TPSA) is 103 Å². The van der Waals surface area contributed by atoms with E-state index < -0.39 is 7.82 Å². The molecule has 0 heterocycles.